The van der Waals surface area contributed by atoms with Crippen molar-refractivity contribution < 1.29 is 18.5 Å². The molecular weight excluding hydrogens is 284 g/mol. The van der Waals surface area contributed by atoms with Gasteiger partial charge in [0.05, 0.1) is 16.6 Å². The maximum Gasteiger partial charge on any atom is 0.308 e. The van der Waals surface area contributed by atoms with Crippen LogP contribution in [-0.4, -0.2) is 29.5 Å². The van der Waals surface area contributed by atoms with Crippen molar-refractivity contribution in [1.82, 2.24) is 10.6 Å². The third-order valence-corrected chi connectivity index (χ3v) is 3.42. The summed E-state index contributed by atoms with van der Waals surface area (Å²) < 4.78 is 27.2. The molecule has 1 aliphatic rings. The zero-order valence-electron chi connectivity index (χ0n) is 11.4. The number of carbonyl (C=O) groups excluding carboxylic acids is 1. The van der Waals surface area contributed by atoms with Gasteiger partial charge in [-0.25, -0.2) is 4.39 Å². The SMILES string of the molecule is CC1CC(NC(=O)c2cc(F)cc([N+](=O)[O-])c2F)CCN1. The molecule has 2 atom stereocenters. The average Bonchev–Trinajstić information content (AvgIpc) is 2.40. The number of carbonyl (C=O) groups is 1. The lowest BCUT2D eigenvalue weighted by atomic mass is 10.00. The Balaban J connectivity index is 2.21. The first kappa shape index (κ1) is 15.3. The summed E-state index contributed by atoms with van der Waals surface area (Å²) in [5, 5.41) is 16.4. The van der Waals surface area contributed by atoms with Gasteiger partial charge in [-0.1, -0.05) is 0 Å². The van der Waals surface area contributed by atoms with Crippen LogP contribution in [0.1, 0.15) is 30.1 Å². The standard InChI is InChI=1S/C13H15F2N3O3/c1-7-4-9(2-3-16-7)17-13(19)10-5-8(14)6-11(12(10)15)18(20)21/h5-7,9,16H,2-4H2,1H3,(H,17,19). The Hall–Kier alpha value is -2.09. The van der Waals surface area contributed by atoms with Crippen molar-refractivity contribution in [3.63, 3.8) is 0 Å². The molecule has 114 valence electrons. The van der Waals surface area contributed by atoms with E-state index in [1.165, 1.54) is 0 Å². The van der Waals surface area contributed by atoms with Gasteiger partial charge in [0, 0.05) is 12.1 Å². The molecular formula is C13H15F2N3O3. The van der Waals surface area contributed by atoms with Crippen LogP contribution in [0.3, 0.4) is 0 Å². The van der Waals surface area contributed by atoms with Gasteiger partial charge < -0.3 is 10.6 Å². The molecule has 1 aliphatic heterocycles. The van der Waals surface area contributed by atoms with Gasteiger partial charge in [-0.2, -0.15) is 4.39 Å². The van der Waals surface area contributed by atoms with Crippen LogP contribution in [0.2, 0.25) is 0 Å². The van der Waals surface area contributed by atoms with Crippen molar-refractivity contribution in [2.45, 2.75) is 31.8 Å². The smallest absolute Gasteiger partial charge is 0.308 e. The zero-order chi connectivity index (χ0) is 15.6. The first-order chi connectivity index (χ1) is 9.88. The predicted octanol–water partition coefficient (Wildman–Crippen LogP) is 1.74. The van der Waals surface area contributed by atoms with Gasteiger partial charge in [0.1, 0.15) is 5.82 Å². The van der Waals surface area contributed by atoms with E-state index in [9.17, 15) is 23.7 Å². The van der Waals surface area contributed by atoms with Gasteiger partial charge in [-0.15, -0.1) is 0 Å². The predicted molar refractivity (Wildman–Crippen MR) is 71.0 cm³/mol. The third kappa shape index (κ3) is 3.52. The molecule has 0 radical (unpaired) electrons. The summed E-state index contributed by atoms with van der Waals surface area (Å²) in [6.07, 6.45) is 1.32. The average molecular weight is 299 g/mol. The molecule has 1 heterocycles. The van der Waals surface area contributed by atoms with Crippen molar-refractivity contribution in [2.75, 3.05) is 6.54 Å². The molecule has 1 aromatic rings. The maximum absolute atomic E-state index is 13.9. The van der Waals surface area contributed by atoms with Gasteiger partial charge in [-0.3, -0.25) is 14.9 Å². The molecule has 1 aromatic carbocycles. The summed E-state index contributed by atoms with van der Waals surface area (Å²) in [5.41, 5.74) is -1.69. The van der Waals surface area contributed by atoms with Crippen LogP contribution in [-0.2, 0) is 0 Å². The quantitative estimate of drug-likeness (QED) is 0.658. The Morgan fingerprint density at radius 1 is 1.48 bits per heavy atom. The lowest BCUT2D eigenvalue weighted by molar-refractivity contribution is -0.387. The van der Waals surface area contributed by atoms with Crippen LogP contribution in [0, 0.1) is 21.7 Å². The highest BCUT2D eigenvalue weighted by molar-refractivity contribution is 5.95. The molecule has 2 N–H and O–H groups in total. The molecule has 1 saturated heterocycles. The highest BCUT2D eigenvalue weighted by Gasteiger charge is 2.26. The molecule has 0 bridgehead atoms. The highest BCUT2D eigenvalue weighted by atomic mass is 19.1. The number of halogens is 2. The van der Waals surface area contributed by atoms with Crippen LogP contribution >= 0.6 is 0 Å². The van der Waals surface area contributed by atoms with E-state index in [0.717, 1.165) is 0 Å². The van der Waals surface area contributed by atoms with Crippen LogP contribution in [0.15, 0.2) is 12.1 Å². The lowest BCUT2D eigenvalue weighted by Gasteiger charge is -2.28. The Morgan fingerprint density at radius 3 is 2.81 bits per heavy atom. The molecule has 2 rings (SSSR count). The Morgan fingerprint density at radius 2 is 2.19 bits per heavy atom. The summed E-state index contributed by atoms with van der Waals surface area (Å²) in [6.45, 7) is 2.66. The summed E-state index contributed by atoms with van der Waals surface area (Å²) in [4.78, 5) is 21.6. The summed E-state index contributed by atoms with van der Waals surface area (Å²) in [5.74, 6) is -3.18. The van der Waals surface area contributed by atoms with Crippen molar-refractivity contribution in [3.8, 4) is 0 Å². The highest BCUT2D eigenvalue weighted by Crippen LogP contribution is 2.22. The summed E-state index contributed by atoms with van der Waals surface area (Å²) >= 11 is 0. The van der Waals surface area contributed by atoms with Gasteiger partial charge in [-0.05, 0) is 32.4 Å². The first-order valence-corrected chi connectivity index (χ1v) is 6.56. The monoisotopic (exact) mass is 299 g/mol. The van der Waals surface area contributed by atoms with Crippen molar-refractivity contribution in [1.29, 1.82) is 0 Å². The number of nitro benzene ring substituents is 1. The molecule has 0 aromatic heterocycles. The number of benzene rings is 1. The van der Waals surface area contributed by atoms with E-state index < -0.39 is 33.7 Å². The molecule has 0 spiro atoms. The fraction of sp³-hybridized carbons (Fsp3) is 0.462. The second kappa shape index (κ2) is 6.13. The summed E-state index contributed by atoms with van der Waals surface area (Å²) in [6, 6.07) is 1.16. The van der Waals surface area contributed by atoms with Gasteiger partial charge in [0.2, 0.25) is 5.82 Å². The minimum Gasteiger partial charge on any atom is -0.349 e. The molecule has 6 nitrogen and oxygen atoms in total. The van der Waals surface area contributed by atoms with E-state index in [1.54, 1.807) is 0 Å². The number of amides is 1. The number of nitrogens with zero attached hydrogens (tertiary/aromatic N) is 1. The van der Waals surface area contributed by atoms with E-state index >= 15 is 0 Å². The van der Waals surface area contributed by atoms with Crippen LogP contribution in [0.25, 0.3) is 0 Å². The number of piperidine rings is 1. The number of hydrogen-bond donors (Lipinski definition) is 2. The van der Waals surface area contributed by atoms with Crippen LogP contribution in [0.4, 0.5) is 14.5 Å². The number of nitrogens with one attached hydrogen (secondary N) is 2. The van der Waals surface area contributed by atoms with E-state index in [4.69, 9.17) is 0 Å². The van der Waals surface area contributed by atoms with Crippen molar-refractivity contribution in [2.24, 2.45) is 0 Å². The summed E-state index contributed by atoms with van der Waals surface area (Å²) in [7, 11) is 0. The Bertz CT molecular complexity index is 580. The first-order valence-electron chi connectivity index (χ1n) is 6.56. The Kier molecular flexibility index (Phi) is 4.46. The second-order valence-electron chi connectivity index (χ2n) is 5.09. The van der Waals surface area contributed by atoms with Crippen molar-refractivity contribution >= 4 is 11.6 Å². The van der Waals surface area contributed by atoms with E-state index in [-0.39, 0.29) is 12.1 Å². The van der Waals surface area contributed by atoms with Gasteiger partial charge in [0.25, 0.3) is 5.91 Å². The molecule has 8 heteroatoms. The minimum atomic E-state index is -1.32. The minimum absolute atomic E-state index is 0.171. The lowest BCUT2D eigenvalue weighted by Crippen LogP contribution is -2.46. The molecule has 2 unspecified atom stereocenters. The van der Waals surface area contributed by atoms with Crippen molar-refractivity contribution in [3.05, 3.63) is 39.4 Å². The van der Waals surface area contributed by atoms with Gasteiger partial charge in [0.15, 0.2) is 0 Å². The molecule has 1 amide bonds. The molecule has 1 fully saturated rings. The largest absolute Gasteiger partial charge is 0.349 e. The number of hydrogen-bond acceptors (Lipinski definition) is 4. The number of nitro groups is 1. The normalized spacial score (nSPS) is 21.9. The van der Waals surface area contributed by atoms with Crippen LogP contribution < -0.4 is 10.6 Å². The van der Waals surface area contributed by atoms with E-state index in [0.29, 0.717) is 31.5 Å². The number of rotatable bonds is 3. The molecule has 21 heavy (non-hydrogen) atoms. The topological polar surface area (TPSA) is 84.3 Å². The Labute approximate surface area is 119 Å². The molecule has 0 aliphatic carbocycles. The van der Waals surface area contributed by atoms with Crippen LogP contribution in [0.5, 0.6) is 0 Å². The van der Waals surface area contributed by atoms with Gasteiger partial charge >= 0.3 is 5.69 Å². The van der Waals surface area contributed by atoms with E-state index in [1.807, 2.05) is 6.92 Å². The zero-order valence-corrected chi connectivity index (χ0v) is 11.4. The third-order valence-electron chi connectivity index (χ3n) is 3.42. The fourth-order valence-corrected chi connectivity index (χ4v) is 2.40. The second-order valence-corrected chi connectivity index (χ2v) is 5.09. The van der Waals surface area contributed by atoms with E-state index in [2.05, 4.69) is 10.6 Å². The maximum atomic E-state index is 13.9. The fourth-order valence-electron chi connectivity index (χ4n) is 2.40. The molecule has 0 saturated carbocycles.